The summed E-state index contributed by atoms with van der Waals surface area (Å²) in [5.74, 6) is -4.11. The lowest BCUT2D eigenvalue weighted by Gasteiger charge is -2.32. The highest BCUT2D eigenvalue weighted by atomic mass is 35.5. The maximum atomic E-state index is 14.6. The summed E-state index contributed by atoms with van der Waals surface area (Å²) in [6.45, 7) is 5.31. The number of halogens is 1. The van der Waals surface area contributed by atoms with Crippen LogP contribution in [-0.4, -0.2) is 94.4 Å². The van der Waals surface area contributed by atoms with Crippen molar-refractivity contribution >= 4 is 53.1 Å². The molecule has 16 heteroatoms. The quantitative estimate of drug-likeness (QED) is 0.0711. The van der Waals surface area contributed by atoms with Crippen molar-refractivity contribution in [1.82, 2.24) is 26.2 Å². The zero-order valence-corrected chi connectivity index (χ0v) is 39.3. The number of aliphatic imine (C=N–C) groups is 1. The molecule has 0 aliphatic carbocycles. The number of phenols is 2. The summed E-state index contributed by atoms with van der Waals surface area (Å²) in [7, 11) is 1.40. The Morgan fingerprint density at radius 1 is 0.882 bits per heavy atom. The molecular formula is C52H58ClN7O8. The first-order chi connectivity index (χ1) is 32.5. The molecule has 356 valence electrons. The highest BCUT2D eigenvalue weighted by molar-refractivity contribution is 6.30. The zero-order valence-electron chi connectivity index (χ0n) is 38.6. The minimum atomic E-state index is -1.44. The van der Waals surface area contributed by atoms with Gasteiger partial charge in [-0.3, -0.25) is 33.8 Å². The van der Waals surface area contributed by atoms with Crippen LogP contribution in [0.3, 0.4) is 0 Å². The number of carbonyl (C=O) groups excluding carboxylic acids is 6. The number of ketones is 1. The van der Waals surface area contributed by atoms with Crippen molar-refractivity contribution < 1.29 is 39.0 Å². The van der Waals surface area contributed by atoms with E-state index in [1.165, 1.54) is 43.1 Å². The number of phenolic OH excluding ortho intramolecular Hbond substituents is 2. The molecule has 2 aliphatic rings. The van der Waals surface area contributed by atoms with E-state index in [0.29, 0.717) is 35.5 Å². The first-order valence-electron chi connectivity index (χ1n) is 22.6. The number of hydrogen-bond acceptors (Lipinski definition) is 10. The van der Waals surface area contributed by atoms with Crippen LogP contribution in [0.5, 0.6) is 11.5 Å². The second-order valence-electron chi connectivity index (χ2n) is 17.3. The van der Waals surface area contributed by atoms with Crippen LogP contribution in [0.1, 0.15) is 86.8 Å². The standard InChI is InChI=1S/C52H58ClN7O8/c1-30-8-9-33(29-55-28-30)10-21-44(61)31(2)56-50(66)43-26-34-11-22-45(62)40(25-34)41-27-38(18-23-46(41)63)47(51(67)57-32(3)48(64)59-43)60(4)52(68)42(7-5-6-24-54)58-49(65)37-14-12-35(13-15-37)36-16-19-39(53)20-17-36/h10-20,22-23,25,27-29,31-32,42-43,47,62-63H,5-9,21,24,26,54H2,1-4H3,(H,56,66)(H,57,67)(H,58,65)(H,59,64)/b33-10-. The number of aromatic hydroxyl groups is 2. The van der Waals surface area contributed by atoms with Gasteiger partial charge in [0.05, 0.1) is 6.04 Å². The maximum absolute atomic E-state index is 14.6. The van der Waals surface area contributed by atoms with Crippen molar-refractivity contribution in [3.05, 3.63) is 130 Å². The molecule has 5 amide bonds. The van der Waals surface area contributed by atoms with Crippen LogP contribution < -0.4 is 27.0 Å². The van der Waals surface area contributed by atoms with E-state index in [1.54, 1.807) is 73.9 Å². The van der Waals surface area contributed by atoms with Crippen LogP contribution in [0.4, 0.5) is 0 Å². The van der Waals surface area contributed by atoms with E-state index in [9.17, 15) is 39.0 Å². The van der Waals surface area contributed by atoms with Crippen LogP contribution in [0.15, 0.2) is 113 Å². The molecule has 0 spiro atoms. The van der Waals surface area contributed by atoms with Crippen molar-refractivity contribution in [1.29, 1.82) is 0 Å². The van der Waals surface area contributed by atoms with Gasteiger partial charge in [0.25, 0.3) is 5.91 Å². The Bertz CT molecular complexity index is 2630. The lowest BCUT2D eigenvalue weighted by Crippen LogP contribution is -2.56. The molecule has 15 nitrogen and oxygen atoms in total. The zero-order chi connectivity index (χ0) is 49.1. The fourth-order valence-electron chi connectivity index (χ4n) is 8.03. The number of nitrogens with one attached hydrogen (secondary N) is 4. The molecule has 5 atom stereocenters. The van der Waals surface area contributed by atoms with Gasteiger partial charge in [-0.25, -0.2) is 0 Å². The number of nitrogens with zero attached hydrogens (tertiary/aromatic N) is 2. The van der Waals surface area contributed by atoms with Gasteiger partial charge < -0.3 is 42.1 Å². The molecule has 0 saturated heterocycles. The Balaban J connectivity index is 1.27. The topological polar surface area (TPSA) is 233 Å². The number of rotatable bonds is 14. The molecule has 4 bridgehead atoms. The summed E-state index contributed by atoms with van der Waals surface area (Å²) in [4.78, 5) is 89.5. The molecule has 6 rings (SSSR count). The number of hydrogen-bond donors (Lipinski definition) is 7. The number of carbonyl (C=O) groups is 6. The van der Waals surface area contributed by atoms with E-state index in [2.05, 4.69) is 26.3 Å². The minimum Gasteiger partial charge on any atom is -0.507 e. The fourth-order valence-corrected chi connectivity index (χ4v) is 8.15. The predicted octanol–water partition coefficient (Wildman–Crippen LogP) is 6.22. The van der Waals surface area contributed by atoms with E-state index in [0.717, 1.165) is 35.1 Å². The second-order valence-corrected chi connectivity index (χ2v) is 17.7. The van der Waals surface area contributed by atoms with Crippen molar-refractivity contribution in [2.24, 2.45) is 10.7 Å². The number of benzene rings is 4. The van der Waals surface area contributed by atoms with Gasteiger partial charge in [-0.05, 0) is 136 Å². The number of amides is 5. The Morgan fingerprint density at radius 2 is 1.54 bits per heavy atom. The van der Waals surface area contributed by atoms with E-state index >= 15 is 0 Å². The van der Waals surface area contributed by atoms with Gasteiger partial charge in [0, 0.05) is 54.0 Å². The average Bonchev–Trinajstić information content (AvgIpc) is 3.54. The van der Waals surface area contributed by atoms with Crippen molar-refractivity contribution in [3.63, 3.8) is 0 Å². The molecular weight excluding hydrogens is 886 g/mol. The van der Waals surface area contributed by atoms with Gasteiger partial charge >= 0.3 is 0 Å². The Kier molecular flexibility index (Phi) is 17.1. The molecule has 4 aromatic carbocycles. The van der Waals surface area contributed by atoms with Crippen LogP contribution in [-0.2, 0) is 30.4 Å². The second kappa shape index (κ2) is 23.1. The Morgan fingerprint density at radius 3 is 2.24 bits per heavy atom. The maximum Gasteiger partial charge on any atom is 0.251 e. The van der Waals surface area contributed by atoms with Gasteiger partial charge in [0.1, 0.15) is 35.7 Å². The molecule has 0 aromatic heterocycles. The molecule has 2 heterocycles. The highest BCUT2D eigenvalue weighted by Gasteiger charge is 2.36. The summed E-state index contributed by atoms with van der Waals surface area (Å²) in [5, 5.41) is 34.0. The summed E-state index contributed by atoms with van der Waals surface area (Å²) in [5.41, 5.74) is 10.8. The SMILES string of the molecule is CC1=CN=C/C(=C\CC(=O)C(C)NC(=O)C2Cc3ccc(O)c(c3)-c3cc(ccc3O)C(N(C)C(=O)C(CCCCN)NC(=O)c3ccc(-c4ccc(Cl)cc4)cc3)C(=O)NC(C)C(=O)N2)CC1. The number of fused-ring (bicyclic) bond motifs is 5. The number of allylic oxidation sites excluding steroid dienone is 3. The first-order valence-corrected chi connectivity index (χ1v) is 23.0. The highest BCUT2D eigenvalue weighted by Crippen LogP contribution is 2.39. The Hall–Kier alpha value is -7.10. The number of nitrogens with two attached hydrogens (primary N) is 1. The third-order valence-electron chi connectivity index (χ3n) is 12.1. The summed E-state index contributed by atoms with van der Waals surface area (Å²) < 4.78 is 0. The number of unbranched alkanes of at least 4 members (excludes halogenated alkanes) is 1. The minimum absolute atomic E-state index is 0.0460. The Labute approximate surface area is 400 Å². The van der Waals surface area contributed by atoms with Crippen LogP contribution in [0.25, 0.3) is 22.3 Å². The van der Waals surface area contributed by atoms with E-state index in [-0.39, 0.29) is 53.2 Å². The molecule has 0 radical (unpaired) electrons. The van der Waals surface area contributed by atoms with Gasteiger partial charge in [0.2, 0.25) is 23.6 Å². The predicted molar refractivity (Wildman–Crippen MR) is 262 cm³/mol. The van der Waals surface area contributed by atoms with Gasteiger partial charge in [-0.1, -0.05) is 59.6 Å². The number of likely N-dealkylation sites (N-methyl/N-ethyl adjacent to an activating group) is 1. The summed E-state index contributed by atoms with van der Waals surface area (Å²) >= 11 is 6.06. The molecule has 0 fully saturated rings. The lowest BCUT2D eigenvalue weighted by molar-refractivity contribution is -0.141. The molecule has 4 aromatic rings. The van der Waals surface area contributed by atoms with Crippen molar-refractivity contribution in [3.8, 4) is 33.8 Å². The summed E-state index contributed by atoms with van der Waals surface area (Å²) in [6, 6.07) is 16.9. The molecule has 5 unspecified atom stereocenters. The third-order valence-corrected chi connectivity index (χ3v) is 12.4. The fraction of sp³-hybridized carbons (Fsp3) is 0.327. The third kappa shape index (κ3) is 12.9. The molecule has 8 N–H and O–H groups in total. The van der Waals surface area contributed by atoms with Gasteiger partial charge in [0.15, 0.2) is 5.78 Å². The van der Waals surface area contributed by atoms with Gasteiger partial charge in [-0.15, -0.1) is 0 Å². The average molecular weight is 945 g/mol. The van der Waals surface area contributed by atoms with Crippen molar-refractivity contribution in [2.75, 3.05) is 13.6 Å². The van der Waals surface area contributed by atoms with E-state index < -0.39 is 59.7 Å². The van der Waals surface area contributed by atoms with E-state index in [4.69, 9.17) is 17.3 Å². The molecule has 0 saturated carbocycles. The first kappa shape index (κ1) is 50.3. The van der Waals surface area contributed by atoms with E-state index in [1.807, 2.05) is 19.1 Å². The normalized spacial score (nSPS) is 18.7. The molecule has 68 heavy (non-hydrogen) atoms. The molecule has 2 aliphatic heterocycles. The van der Waals surface area contributed by atoms with Gasteiger partial charge in [-0.2, -0.15) is 0 Å². The smallest absolute Gasteiger partial charge is 0.251 e. The largest absolute Gasteiger partial charge is 0.507 e. The summed E-state index contributed by atoms with van der Waals surface area (Å²) in [6.07, 6.45) is 7.98. The van der Waals surface area contributed by atoms with Crippen LogP contribution >= 0.6 is 11.6 Å². The monoisotopic (exact) mass is 943 g/mol. The van der Waals surface area contributed by atoms with Crippen LogP contribution in [0.2, 0.25) is 5.02 Å². The van der Waals surface area contributed by atoms with Crippen LogP contribution in [0, 0.1) is 0 Å². The van der Waals surface area contributed by atoms with Crippen molar-refractivity contribution in [2.45, 2.75) is 95.9 Å². The number of Topliss-reactive ketones (excluding diaryl/α,β-unsaturated/α-hetero) is 1. The lowest BCUT2D eigenvalue weighted by atomic mass is 9.93.